The van der Waals surface area contributed by atoms with Crippen molar-refractivity contribution in [3.63, 3.8) is 0 Å². The minimum atomic E-state index is -0.777. The lowest BCUT2D eigenvalue weighted by molar-refractivity contribution is -0.187. The molecule has 2 aromatic rings. The second kappa shape index (κ2) is 10.7. The summed E-state index contributed by atoms with van der Waals surface area (Å²) in [4.78, 5) is 43.2. The van der Waals surface area contributed by atoms with E-state index in [0.29, 0.717) is 19.7 Å². The lowest BCUT2D eigenvalue weighted by atomic mass is 9.99. The van der Waals surface area contributed by atoms with Crippen molar-refractivity contribution in [3.05, 3.63) is 65.7 Å². The molecule has 0 bridgehead atoms. The van der Waals surface area contributed by atoms with E-state index >= 15 is 0 Å². The molecule has 35 heavy (non-hydrogen) atoms. The number of phenols is 1. The van der Waals surface area contributed by atoms with Gasteiger partial charge in [0.05, 0.1) is 19.7 Å². The second-order valence-corrected chi connectivity index (χ2v) is 8.75. The number of nitrogens with zero attached hydrogens (tertiary/aromatic N) is 4. The van der Waals surface area contributed by atoms with Crippen LogP contribution in [-0.4, -0.2) is 95.4 Å². The van der Waals surface area contributed by atoms with Crippen molar-refractivity contribution in [2.24, 2.45) is 0 Å². The number of likely N-dealkylation sites (N-methyl/N-ethyl adjacent to an activating group) is 1. The third kappa shape index (κ3) is 5.39. The maximum atomic E-state index is 13.5. The van der Waals surface area contributed by atoms with Crippen molar-refractivity contribution in [1.29, 1.82) is 0 Å². The Kier molecular flexibility index (Phi) is 7.52. The van der Waals surface area contributed by atoms with E-state index in [1.807, 2.05) is 30.3 Å². The lowest BCUT2D eigenvalue weighted by Crippen LogP contribution is -2.76. The molecule has 10 nitrogen and oxygen atoms in total. The highest BCUT2D eigenvalue weighted by molar-refractivity contribution is 5.91. The van der Waals surface area contributed by atoms with Crippen LogP contribution in [0, 0.1) is 0 Å². The number of phenolic OH excluding ortho intramolecular Hbond substituents is 1. The van der Waals surface area contributed by atoms with E-state index < -0.39 is 12.2 Å². The zero-order valence-corrected chi connectivity index (χ0v) is 20.0. The van der Waals surface area contributed by atoms with Crippen LogP contribution in [-0.2, 0) is 27.3 Å². The van der Waals surface area contributed by atoms with Gasteiger partial charge >= 0.3 is 6.03 Å². The molecule has 4 amide bonds. The van der Waals surface area contributed by atoms with E-state index in [4.69, 9.17) is 4.74 Å². The van der Waals surface area contributed by atoms with Gasteiger partial charge in [-0.1, -0.05) is 42.5 Å². The van der Waals surface area contributed by atoms with Gasteiger partial charge in [0.1, 0.15) is 18.0 Å². The van der Waals surface area contributed by atoms with Gasteiger partial charge in [-0.2, -0.15) is 0 Å². The first-order valence-corrected chi connectivity index (χ1v) is 11.6. The maximum Gasteiger partial charge on any atom is 0.334 e. The molecule has 2 heterocycles. The Bertz CT molecular complexity index is 1050. The Morgan fingerprint density at radius 3 is 2.49 bits per heavy atom. The molecule has 0 spiro atoms. The summed E-state index contributed by atoms with van der Waals surface area (Å²) < 4.78 is 5.19. The van der Waals surface area contributed by atoms with Gasteiger partial charge in [0.25, 0.3) is 0 Å². The second-order valence-electron chi connectivity index (χ2n) is 8.75. The summed E-state index contributed by atoms with van der Waals surface area (Å²) in [6.45, 7) is 1.20. The van der Waals surface area contributed by atoms with Gasteiger partial charge < -0.3 is 25.0 Å². The van der Waals surface area contributed by atoms with E-state index in [1.165, 1.54) is 5.01 Å². The molecule has 0 aromatic heterocycles. The fraction of sp³-hybridized carbons (Fsp3) is 0.400. The number of rotatable bonds is 7. The third-order valence-corrected chi connectivity index (χ3v) is 6.36. The van der Waals surface area contributed by atoms with Gasteiger partial charge in [0.15, 0.2) is 0 Å². The van der Waals surface area contributed by atoms with E-state index in [-0.39, 0.29) is 43.1 Å². The highest BCUT2D eigenvalue weighted by atomic mass is 16.5. The summed E-state index contributed by atoms with van der Waals surface area (Å²) in [6.07, 6.45) is -0.387. The van der Waals surface area contributed by atoms with Crippen LogP contribution >= 0.6 is 0 Å². The van der Waals surface area contributed by atoms with E-state index in [1.54, 1.807) is 53.2 Å². The number of fused-ring (bicyclic) bond motifs is 1. The SMILES string of the molecule is COCCN1C[C@H]2N(C(=O)CN(C)N2C(=O)NCc2ccccc2)[C@@H](Cc2ccc(O)cc2)C1=O. The highest BCUT2D eigenvalue weighted by Gasteiger charge is 2.50. The van der Waals surface area contributed by atoms with Crippen LogP contribution in [0.2, 0.25) is 0 Å². The Balaban J connectivity index is 1.61. The van der Waals surface area contributed by atoms with Crippen LogP contribution < -0.4 is 5.32 Å². The fourth-order valence-electron chi connectivity index (χ4n) is 4.62. The minimum Gasteiger partial charge on any atom is -0.508 e. The molecule has 2 N–H and O–H groups in total. The number of piperazine rings is 1. The molecule has 2 aliphatic heterocycles. The van der Waals surface area contributed by atoms with Crippen molar-refractivity contribution >= 4 is 17.8 Å². The van der Waals surface area contributed by atoms with Crippen LogP contribution in [0.1, 0.15) is 11.1 Å². The minimum absolute atomic E-state index is 0.0211. The number of carbonyl (C=O) groups is 3. The average molecular weight is 482 g/mol. The Hall–Kier alpha value is -3.63. The molecule has 10 heteroatoms. The van der Waals surface area contributed by atoms with Crippen LogP contribution in [0.5, 0.6) is 5.75 Å². The molecule has 2 fully saturated rings. The molecule has 2 atom stereocenters. The van der Waals surface area contributed by atoms with Gasteiger partial charge in [0.2, 0.25) is 11.8 Å². The van der Waals surface area contributed by atoms with Gasteiger partial charge in [-0.15, -0.1) is 0 Å². The van der Waals surface area contributed by atoms with Crippen LogP contribution in [0.25, 0.3) is 0 Å². The third-order valence-electron chi connectivity index (χ3n) is 6.36. The molecule has 2 aromatic carbocycles. The summed E-state index contributed by atoms with van der Waals surface area (Å²) in [5.74, 6) is -0.276. The van der Waals surface area contributed by atoms with Crippen molar-refractivity contribution in [1.82, 2.24) is 25.1 Å². The number of aromatic hydroxyl groups is 1. The van der Waals surface area contributed by atoms with Crippen molar-refractivity contribution in [3.8, 4) is 5.75 Å². The number of hydrogen-bond acceptors (Lipinski definition) is 6. The predicted molar refractivity (Wildman–Crippen MR) is 128 cm³/mol. The van der Waals surface area contributed by atoms with Gasteiger partial charge in [0, 0.05) is 33.7 Å². The molecular weight excluding hydrogens is 450 g/mol. The largest absolute Gasteiger partial charge is 0.508 e. The highest BCUT2D eigenvalue weighted by Crippen LogP contribution is 2.28. The zero-order chi connectivity index (χ0) is 24.9. The number of amides is 4. The van der Waals surface area contributed by atoms with Crippen molar-refractivity contribution in [2.45, 2.75) is 25.2 Å². The topological polar surface area (TPSA) is 106 Å². The number of hydrogen-bond donors (Lipinski definition) is 2. The van der Waals surface area contributed by atoms with Crippen molar-refractivity contribution in [2.75, 3.05) is 40.4 Å². The predicted octanol–water partition coefficient (Wildman–Crippen LogP) is 1.02. The number of nitrogens with one attached hydrogen (secondary N) is 1. The van der Waals surface area contributed by atoms with Crippen LogP contribution in [0.4, 0.5) is 4.79 Å². The Morgan fingerprint density at radius 2 is 1.80 bits per heavy atom. The Morgan fingerprint density at radius 1 is 1.09 bits per heavy atom. The van der Waals surface area contributed by atoms with Gasteiger partial charge in [-0.25, -0.2) is 14.8 Å². The monoisotopic (exact) mass is 481 g/mol. The summed E-state index contributed by atoms with van der Waals surface area (Å²) in [7, 11) is 3.26. The van der Waals surface area contributed by atoms with Crippen LogP contribution in [0.15, 0.2) is 54.6 Å². The molecular formula is C25H31N5O5. The molecule has 0 saturated carbocycles. The first-order chi connectivity index (χ1) is 16.9. The number of ether oxygens (including phenoxy) is 1. The first-order valence-electron chi connectivity index (χ1n) is 11.6. The quantitative estimate of drug-likeness (QED) is 0.612. The van der Waals surface area contributed by atoms with Crippen LogP contribution in [0.3, 0.4) is 0 Å². The molecule has 0 aliphatic carbocycles. The number of benzene rings is 2. The summed E-state index contributed by atoms with van der Waals surface area (Å²) in [6, 6.07) is 15.0. The normalized spacial score (nSPS) is 20.7. The summed E-state index contributed by atoms with van der Waals surface area (Å²) in [5, 5.41) is 15.7. The van der Waals surface area contributed by atoms with Gasteiger partial charge in [-0.3, -0.25) is 9.59 Å². The summed E-state index contributed by atoms with van der Waals surface area (Å²) >= 11 is 0. The summed E-state index contributed by atoms with van der Waals surface area (Å²) in [5.41, 5.74) is 1.76. The van der Waals surface area contributed by atoms with E-state index in [9.17, 15) is 19.5 Å². The molecule has 2 aliphatic rings. The fourth-order valence-corrected chi connectivity index (χ4v) is 4.62. The molecule has 0 radical (unpaired) electrons. The van der Waals surface area contributed by atoms with Gasteiger partial charge in [-0.05, 0) is 23.3 Å². The molecule has 2 saturated heterocycles. The first kappa shape index (κ1) is 24.5. The standard InChI is InChI=1S/C25H31N5O5/c1-27-17-23(32)29-21(14-18-8-10-20(31)11-9-18)24(33)28(12-13-35-2)16-22(29)30(27)25(34)26-15-19-6-4-3-5-7-19/h3-11,21-22,31H,12-17H2,1-2H3,(H,26,34)/t21-,22-/m0/s1. The number of carbonyl (C=O) groups excluding carboxylic acids is 3. The van der Waals surface area contributed by atoms with E-state index in [0.717, 1.165) is 11.1 Å². The van der Waals surface area contributed by atoms with Crippen molar-refractivity contribution < 1.29 is 24.2 Å². The average Bonchev–Trinajstić information content (AvgIpc) is 2.85. The Labute approximate surface area is 204 Å². The molecule has 0 unspecified atom stereocenters. The number of hydrazine groups is 1. The van der Waals surface area contributed by atoms with E-state index in [2.05, 4.69) is 5.32 Å². The molecule has 4 rings (SSSR count). The number of methoxy groups -OCH3 is 1. The lowest BCUT2D eigenvalue weighted by Gasteiger charge is -2.54. The zero-order valence-electron chi connectivity index (χ0n) is 20.0. The maximum absolute atomic E-state index is 13.5. The smallest absolute Gasteiger partial charge is 0.334 e. The molecule has 186 valence electrons. The number of urea groups is 1.